The molecule has 0 aromatic heterocycles. The average molecular weight is 216 g/mol. The second kappa shape index (κ2) is 3.01. The molecule has 0 aromatic rings. The first kappa shape index (κ1) is 9.06. The van der Waals surface area contributed by atoms with Gasteiger partial charge in [0.1, 0.15) is 17.5 Å². The Bertz CT molecular complexity index is 410. The normalized spacial score (nSPS) is 38.0. The highest BCUT2D eigenvalue weighted by Gasteiger charge is 2.59. The molecular weight excluding hydrogens is 200 g/mol. The molecule has 0 aromatic carbocycles. The topological polar surface area (TPSA) is 21.8 Å². The highest BCUT2D eigenvalue weighted by Crippen LogP contribution is 2.53. The van der Waals surface area contributed by atoms with Crippen LogP contribution in [0.3, 0.4) is 0 Å². The van der Waals surface area contributed by atoms with Crippen molar-refractivity contribution >= 4 is 0 Å². The maximum Gasteiger partial charge on any atom is 0.184 e. The summed E-state index contributed by atoms with van der Waals surface area (Å²) < 4.78 is 12.2. The van der Waals surface area contributed by atoms with Gasteiger partial charge in [0.25, 0.3) is 0 Å². The highest BCUT2D eigenvalue weighted by molar-refractivity contribution is 5.45. The van der Waals surface area contributed by atoms with Crippen molar-refractivity contribution < 1.29 is 9.47 Å². The van der Waals surface area contributed by atoms with E-state index in [9.17, 15) is 0 Å². The molecular formula is C14H16O2. The van der Waals surface area contributed by atoms with Crippen LogP contribution in [0.5, 0.6) is 0 Å². The lowest BCUT2D eigenvalue weighted by molar-refractivity contribution is -0.102. The molecule has 1 saturated heterocycles. The Hall–Kier alpha value is -1.02. The molecule has 2 heteroatoms. The summed E-state index contributed by atoms with van der Waals surface area (Å²) in [6.45, 7) is 0. The molecule has 1 spiro atoms. The average Bonchev–Trinajstić information content (AvgIpc) is 3.12. The molecule has 0 amide bonds. The van der Waals surface area contributed by atoms with Crippen LogP contribution in [0.4, 0.5) is 0 Å². The number of rotatable bonds is 0. The predicted molar refractivity (Wildman–Crippen MR) is 60.9 cm³/mol. The Morgan fingerprint density at radius 1 is 1.12 bits per heavy atom. The Labute approximate surface area is 95.6 Å². The van der Waals surface area contributed by atoms with Crippen LogP contribution in [0.15, 0.2) is 35.6 Å². The lowest BCUT2D eigenvalue weighted by atomic mass is 9.79. The van der Waals surface area contributed by atoms with Gasteiger partial charge in [-0.3, -0.25) is 0 Å². The van der Waals surface area contributed by atoms with Crippen molar-refractivity contribution in [1.29, 1.82) is 0 Å². The minimum Gasteiger partial charge on any atom is -0.479 e. The van der Waals surface area contributed by atoms with Crippen molar-refractivity contribution in [2.24, 2.45) is 0 Å². The molecule has 84 valence electrons. The molecule has 0 bridgehead atoms. The van der Waals surface area contributed by atoms with Crippen LogP contribution in [-0.2, 0) is 9.47 Å². The van der Waals surface area contributed by atoms with Gasteiger partial charge >= 0.3 is 0 Å². The van der Waals surface area contributed by atoms with E-state index in [-0.39, 0.29) is 17.8 Å². The lowest BCUT2D eigenvalue weighted by Gasteiger charge is -2.39. The van der Waals surface area contributed by atoms with E-state index in [4.69, 9.17) is 9.47 Å². The maximum atomic E-state index is 6.35. The van der Waals surface area contributed by atoms with Crippen LogP contribution >= 0.6 is 0 Å². The summed E-state index contributed by atoms with van der Waals surface area (Å²) >= 11 is 0. The van der Waals surface area contributed by atoms with Crippen molar-refractivity contribution in [3.8, 4) is 0 Å². The van der Waals surface area contributed by atoms with E-state index in [0.717, 1.165) is 0 Å². The Morgan fingerprint density at radius 2 is 2.00 bits per heavy atom. The molecule has 16 heavy (non-hydrogen) atoms. The molecule has 2 aliphatic carbocycles. The van der Waals surface area contributed by atoms with Crippen molar-refractivity contribution in [2.45, 2.75) is 49.9 Å². The van der Waals surface area contributed by atoms with E-state index in [2.05, 4.69) is 24.3 Å². The van der Waals surface area contributed by atoms with Gasteiger partial charge < -0.3 is 9.47 Å². The van der Waals surface area contributed by atoms with Crippen molar-refractivity contribution in [2.75, 3.05) is 0 Å². The zero-order valence-electron chi connectivity index (χ0n) is 9.32. The van der Waals surface area contributed by atoms with E-state index < -0.39 is 0 Å². The van der Waals surface area contributed by atoms with E-state index in [1.165, 1.54) is 43.4 Å². The van der Waals surface area contributed by atoms with E-state index in [1.807, 2.05) is 0 Å². The van der Waals surface area contributed by atoms with E-state index in [1.54, 1.807) is 0 Å². The summed E-state index contributed by atoms with van der Waals surface area (Å²) in [6.07, 6.45) is 15.1. The molecule has 4 aliphatic rings. The fourth-order valence-electron chi connectivity index (χ4n) is 3.35. The van der Waals surface area contributed by atoms with Gasteiger partial charge in [0.15, 0.2) is 6.10 Å². The summed E-state index contributed by atoms with van der Waals surface area (Å²) in [5, 5.41) is 0. The van der Waals surface area contributed by atoms with Crippen LogP contribution in [0.25, 0.3) is 0 Å². The number of ether oxygens (including phenoxy) is 2. The molecule has 2 aliphatic heterocycles. The second-order valence-corrected chi connectivity index (χ2v) is 5.23. The third-order valence-corrected chi connectivity index (χ3v) is 4.23. The molecule has 4 rings (SSSR count). The minimum absolute atomic E-state index is 0.0112. The first-order valence-corrected chi connectivity index (χ1v) is 6.32. The SMILES string of the molecule is C1=CC2=C3OC3C3(CCCCC3)OC2C=C1. The minimum atomic E-state index is 0.0112. The van der Waals surface area contributed by atoms with Crippen molar-refractivity contribution in [1.82, 2.24) is 0 Å². The molecule has 1 saturated carbocycles. The number of fused-ring (bicyclic) bond motifs is 3. The first-order valence-electron chi connectivity index (χ1n) is 6.32. The molecule has 2 unspecified atom stereocenters. The summed E-state index contributed by atoms with van der Waals surface area (Å²) in [6, 6.07) is 0. The van der Waals surface area contributed by atoms with Crippen LogP contribution in [0.1, 0.15) is 32.1 Å². The number of allylic oxidation sites excluding steroid dienone is 2. The third-order valence-electron chi connectivity index (χ3n) is 4.23. The van der Waals surface area contributed by atoms with Gasteiger partial charge in [-0.25, -0.2) is 0 Å². The summed E-state index contributed by atoms with van der Waals surface area (Å²) in [7, 11) is 0. The fourth-order valence-corrected chi connectivity index (χ4v) is 3.35. The molecule has 0 N–H and O–H groups in total. The van der Waals surface area contributed by atoms with Crippen molar-refractivity contribution in [3.05, 3.63) is 35.6 Å². The molecule has 0 radical (unpaired) electrons. The maximum absolute atomic E-state index is 6.35. The number of epoxide rings is 1. The second-order valence-electron chi connectivity index (χ2n) is 5.23. The summed E-state index contributed by atoms with van der Waals surface area (Å²) in [5.41, 5.74) is 1.26. The van der Waals surface area contributed by atoms with Gasteiger partial charge in [0, 0.05) is 5.57 Å². The zero-order chi connectivity index (χ0) is 10.6. The summed E-state index contributed by atoms with van der Waals surface area (Å²) in [4.78, 5) is 0. The van der Waals surface area contributed by atoms with Gasteiger partial charge in [0.2, 0.25) is 0 Å². The van der Waals surface area contributed by atoms with Crippen LogP contribution in [0, 0.1) is 0 Å². The summed E-state index contributed by atoms with van der Waals surface area (Å²) in [5.74, 6) is 1.21. The smallest absolute Gasteiger partial charge is 0.184 e. The molecule has 2 nitrogen and oxygen atoms in total. The van der Waals surface area contributed by atoms with Crippen LogP contribution < -0.4 is 0 Å². The predicted octanol–water partition coefficient (Wildman–Crippen LogP) is 2.87. The Kier molecular flexibility index (Phi) is 1.70. The highest BCUT2D eigenvalue weighted by atomic mass is 16.6. The fraction of sp³-hybridized carbons (Fsp3) is 0.571. The van der Waals surface area contributed by atoms with Crippen molar-refractivity contribution in [3.63, 3.8) is 0 Å². The van der Waals surface area contributed by atoms with Crippen LogP contribution in [-0.4, -0.2) is 17.8 Å². The first-order chi connectivity index (χ1) is 7.89. The monoisotopic (exact) mass is 216 g/mol. The quantitative estimate of drug-likeness (QED) is 0.581. The molecule has 2 heterocycles. The Balaban J connectivity index is 1.73. The van der Waals surface area contributed by atoms with Gasteiger partial charge in [-0.2, -0.15) is 0 Å². The number of hydrogen-bond acceptors (Lipinski definition) is 2. The van der Waals surface area contributed by atoms with Gasteiger partial charge in [-0.1, -0.05) is 43.6 Å². The third kappa shape index (κ3) is 1.11. The Morgan fingerprint density at radius 3 is 2.88 bits per heavy atom. The van der Waals surface area contributed by atoms with Gasteiger partial charge in [-0.05, 0) is 12.8 Å². The standard InChI is InChI=1S/C14H16O2/c1-4-8-14(9-5-1)13-12(15-13)10-6-2-3-7-11(10)16-14/h2-3,6-7,11,13H,1,4-5,8-9H2. The van der Waals surface area contributed by atoms with Crippen LogP contribution in [0.2, 0.25) is 0 Å². The largest absolute Gasteiger partial charge is 0.479 e. The molecule has 2 atom stereocenters. The molecule has 2 fully saturated rings. The van der Waals surface area contributed by atoms with E-state index >= 15 is 0 Å². The lowest BCUT2D eigenvalue weighted by Crippen LogP contribution is -2.46. The van der Waals surface area contributed by atoms with E-state index in [0.29, 0.717) is 0 Å². The van der Waals surface area contributed by atoms with Gasteiger partial charge in [0.05, 0.1) is 0 Å². The number of hydrogen-bond donors (Lipinski definition) is 0. The van der Waals surface area contributed by atoms with Gasteiger partial charge in [-0.15, -0.1) is 0 Å². The zero-order valence-corrected chi connectivity index (χ0v) is 9.32.